The third-order valence-corrected chi connectivity index (χ3v) is 6.60. The highest BCUT2D eigenvalue weighted by atomic mass is 35.5. The first-order valence-corrected chi connectivity index (χ1v) is 9.64. The molecule has 0 aliphatic carbocycles. The number of halogens is 2. The highest BCUT2D eigenvalue weighted by Crippen LogP contribution is 2.26. The van der Waals surface area contributed by atoms with Gasteiger partial charge in [-0.25, -0.2) is 12.8 Å². The molecule has 0 radical (unpaired) electrons. The number of hydrogen-bond donors (Lipinski definition) is 0. The molecule has 0 unspecified atom stereocenters. The molecule has 1 saturated heterocycles. The van der Waals surface area contributed by atoms with Crippen LogP contribution in [0.1, 0.15) is 0 Å². The Labute approximate surface area is 153 Å². The molecule has 0 amide bonds. The normalized spacial score (nSPS) is 16.3. The Morgan fingerprint density at radius 2 is 1.85 bits per heavy atom. The van der Waals surface area contributed by atoms with Gasteiger partial charge in [0.2, 0.25) is 10.0 Å². The van der Waals surface area contributed by atoms with E-state index in [1.165, 1.54) is 16.7 Å². The number of piperazine rings is 1. The molecular formula is C15H14ClFN6O2S. The molecule has 1 aliphatic heterocycles. The van der Waals surface area contributed by atoms with Gasteiger partial charge in [0.25, 0.3) is 0 Å². The van der Waals surface area contributed by atoms with Crippen molar-refractivity contribution in [1.29, 1.82) is 0 Å². The van der Waals surface area contributed by atoms with Crippen LogP contribution >= 0.6 is 11.6 Å². The van der Waals surface area contributed by atoms with Crippen LogP contribution in [-0.4, -0.2) is 58.7 Å². The van der Waals surface area contributed by atoms with Crippen LogP contribution in [0.3, 0.4) is 0 Å². The zero-order valence-electron chi connectivity index (χ0n) is 13.5. The van der Waals surface area contributed by atoms with Gasteiger partial charge in [-0.15, -0.1) is 15.3 Å². The number of aromatic nitrogens is 4. The first-order chi connectivity index (χ1) is 12.4. The molecule has 8 nitrogen and oxygen atoms in total. The van der Waals surface area contributed by atoms with Gasteiger partial charge in [-0.2, -0.15) is 8.82 Å². The maximum atomic E-state index is 13.2. The average molecular weight is 397 g/mol. The lowest BCUT2D eigenvalue weighted by Gasteiger charge is -2.34. The molecule has 0 spiro atoms. The van der Waals surface area contributed by atoms with Gasteiger partial charge in [0, 0.05) is 26.2 Å². The van der Waals surface area contributed by atoms with E-state index in [0.717, 1.165) is 12.1 Å². The maximum absolute atomic E-state index is 13.2. The van der Waals surface area contributed by atoms with Crippen LogP contribution in [0.15, 0.2) is 41.6 Å². The minimum Gasteiger partial charge on any atom is -0.353 e. The van der Waals surface area contributed by atoms with Crippen molar-refractivity contribution in [2.75, 3.05) is 31.1 Å². The summed E-state index contributed by atoms with van der Waals surface area (Å²) in [4.78, 5) is 1.90. The number of fused-ring (bicyclic) bond motifs is 1. The molecule has 0 bridgehead atoms. The topological polar surface area (TPSA) is 83.7 Å². The minimum atomic E-state index is -3.78. The lowest BCUT2D eigenvalue weighted by Crippen LogP contribution is -2.49. The SMILES string of the molecule is O=S(=O)(c1ccc(F)cc1Cl)N1CCN(c2ccc3nncn3n2)CC1. The van der Waals surface area contributed by atoms with Crippen LogP contribution in [0.4, 0.5) is 10.2 Å². The van der Waals surface area contributed by atoms with E-state index in [4.69, 9.17) is 11.6 Å². The summed E-state index contributed by atoms with van der Waals surface area (Å²) in [6.45, 7) is 1.49. The van der Waals surface area contributed by atoms with Crippen molar-refractivity contribution in [3.63, 3.8) is 0 Å². The van der Waals surface area contributed by atoms with Gasteiger partial charge >= 0.3 is 0 Å². The third kappa shape index (κ3) is 3.00. The van der Waals surface area contributed by atoms with Crippen molar-refractivity contribution in [3.05, 3.63) is 47.5 Å². The maximum Gasteiger partial charge on any atom is 0.244 e. The predicted molar refractivity (Wildman–Crippen MR) is 93.2 cm³/mol. The monoisotopic (exact) mass is 396 g/mol. The van der Waals surface area contributed by atoms with E-state index in [1.54, 1.807) is 10.6 Å². The second-order valence-electron chi connectivity index (χ2n) is 5.79. The molecule has 1 aromatic carbocycles. The van der Waals surface area contributed by atoms with Gasteiger partial charge in [-0.05, 0) is 30.3 Å². The molecule has 1 aliphatic rings. The van der Waals surface area contributed by atoms with Crippen molar-refractivity contribution >= 4 is 33.1 Å². The van der Waals surface area contributed by atoms with Crippen LogP contribution < -0.4 is 4.90 Å². The van der Waals surface area contributed by atoms with Crippen molar-refractivity contribution in [3.8, 4) is 0 Å². The van der Waals surface area contributed by atoms with E-state index < -0.39 is 15.8 Å². The second kappa shape index (κ2) is 6.45. The van der Waals surface area contributed by atoms with Crippen molar-refractivity contribution in [2.24, 2.45) is 0 Å². The summed E-state index contributed by atoms with van der Waals surface area (Å²) in [5, 5.41) is 12.0. The summed E-state index contributed by atoms with van der Waals surface area (Å²) < 4.78 is 41.6. The summed E-state index contributed by atoms with van der Waals surface area (Å²) >= 11 is 5.92. The number of sulfonamides is 1. The Balaban J connectivity index is 1.52. The molecule has 3 aromatic rings. The molecule has 26 heavy (non-hydrogen) atoms. The zero-order chi connectivity index (χ0) is 18.3. The Kier molecular flexibility index (Phi) is 4.25. The number of rotatable bonds is 3. The molecule has 11 heteroatoms. The summed E-state index contributed by atoms with van der Waals surface area (Å²) in [7, 11) is -3.78. The smallest absolute Gasteiger partial charge is 0.244 e. The number of hydrogen-bond acceptors (Lipinski definition) is 6. The minimum absolute atomic E-state index is 0.0851. The van der Waals surface area contributed by atoms with E-state index in [9.17, 15) is 12.8 Å². The fourth-order valence-electron chi connectivity index (χ4n) is 2.87. The Morgan fingerprint density at radius 1 is 1.08 bits per heavy atom. The Bertz CT molecular complexity index is 1060. The molecule has 3 heterocycles. The van der Waals surface area contributed by atoms with Crippen LogP contribution in [0.2, 0.25) is 5.02 Å². The van der Waals surface area contributed by atoms with Gasteiger partial charge in [0.05, 0.1) is 5.02 Å². The average Bonchev–Trinajstić information content (AvgIpc) is 3.09. The van der Waals surface area contributed by atoms with Crippen LogP contribution in [0, 0.1) is 5.82 Å². The summed E-state index contributed by atoms with van der Waals surface area (Å²) in [5.74, 6) is 0.142. The lowest BCUT2D eigenvalue weighted by molar-refractivity contribution is 0.383. The standard InChI is InChI=1S/C15H14ClFN6O2S/c16-12-9-11(17)1-2-13(12)26(24,25)22-7-5-21(6-8-22)15-4-3-14-19-18-10-23(14)20-15/h1-4,9-10H,5-8H2. The van der Waals surface area contributed by atoms with E-state index in [2.05, 4.69) is 15.3 Å². The first-order valence-electron chi connectivity index (χ1n) is 7.82. The van der Waals surface area contributed by atoms with Crippen LogP contribution in [0.25, 0.3) is 5.65 Å². The fraction of sp³-hybridized carbons (Fsp3) is 0.267. The van der Waals surface area contributed by atoms with Crippen LogP contribution in [0.5, 0.6) is 0 Å². The molecular weight excluding hydrogens is 383 g/mol. The molecule has 2 aromatic heterocycles. The second-order valence-corrected chi connectivity index (χ2v) is 8.10. The van der Waals surface area contributed by atoms with E-state index in [-0.39, 0.29) is 23.0 Å². The van der Waals surface area contributed by atoms with Gasteiger partial charge in [-0.1, -0.05) is 11.6 Å². The number of benzene rings is 1. The molecule has 4 rings (SSSR count). The number of nitrogens with zero attached hydrogens (tertiary/aromatic N) is 6. The van der Waals surface area contributed by atoms with Gasteiger partial charge in [-0.3, -0.25) is 0 Å². The van der Waals surface area contributed by atoms with Crippen molar-refractivity contribution < 1.29 is 12.8 Å². The predicted octanol–water partition coefficient (Wildman–Crippen LogP) is 1.43. The molecule has 0 saturated carbocycles. The summed E-state index contributed by atoms with van der Waals surface area (Å²) in [6, 6.07) is 6.92. The fourth-order valence-corrected chi connectivity index (χ4v) is 4.80. The van der Waals surface area contributed by atoms with Crippen LogP contribution in [-0.2, 0) is 10.0 Å². The van der Waals surface area contributed by atoms with E-state index in [0.29, 0.717) is 24.6 Å². The third-order valence-electron chi connectivity index (χ3n) is 4.22. The molecule has 136 valence electrons. The quantitative estimate of drug-likeness (QED) is 0.666. The van der Waals surface area contributed by atoms with E-state index in [1.807, 2.05) is 11.0 Å². The van der Waals surface area contributed by atoms with Gasteiger partial charge in [0.15, 0.2) is 5.65 Å². The van der Waals surface area contributed by atoms with E-state index >= 15 is 0 Å². The first kappa shape index (κ1) is 17.1. The van der Waals surface area contributed by atoms with Gasteiger partial charge < -0.3 is 4.90 Å². The highest BCUT2D eigenvalue weighted by molar-refractivity contribution is 7.89. The Morgan fingerprint density at radius 3 is 2.58 bits per heavy atom. The number of anilines is 1. The van der Waals surface area contributed by atoms with Crippen molar-refractivity contribution in [2.45, 2.75) is 4.90 Å². The largest absolute Gasteiger partial charge is 0.353 e. The highest BCUT2D eigenvalue weighted by Gasteiger charge is 2.30. The molecule has 0 atom stereocenters. The summed E-state index contributed by atoms with van der Waals surface area (Å²) in [6.07, 6.45) is 1.51. The molecule has 0 N–H and O–H groups in total. The Hall–Kier alpha value is -2.30. The van der Waals surface area contributed by atoms with Gasteiger partial charge in [0.1, 0.15) is 22.9 Å². The summed E-state index contributed by atoms with van der Waals surface area (Å²) in [5.41, 5.74) is 0.640. The molecule has 1 fully saturated rings. The lowest BCUT2D eigenvalue weighted by atomic mass is 10.3. The zero-order valence-corrected chi connectivity index (χ0v) is 15.0. The van der Waals surface area contributed by atoms with Crippen molar-refractivity contribution in [1.82, 2.24) is 24.1 Å².